The Bertz CT molecular complexity index is 621. The summed E-state index contributed by atoms with van der Waals surface area (Å²) in [4.78, 5) is 27.0. The lowest BCUT2D eigenvalue weighted by Crippen LogP contribution is -2.35. The number of halogens is 2. The number of nitrogens with one attached hydrogen (secondary N) is 1. The number of carbonyl (C=O) groups excluding carboxylic acids is 2. The van der Waals surface area contributed by atoms with Crippen LogP contribution in [0.3, 0.4) is 0 Å². The Kier molecular flexibility index (Phi) is 4.83. The minimum atomic E-state index is -0.178. The second-order valence-corrected chi connectivity index (χ2v) is 8.81. The van der Waals surface area contributed by atoms with E-state index in [0.29, 0.717) is 12.8 Å². The SMILES string of the molecule is Cc1ccc(NCN2C(=O)[C@H]3C[C@@H](Br)[C@H](Br)C[C@H]3C2=O)cc1C. The molecule has 2 fully saturated rings. The van der Waals surface area contributed by atoms with E-state index < -0.39 is 0 Å². The molecule has 6 heteroatoms. The number of nitrogens with zero attached hydrogens (tertiary/aromatic N) is 1. The molecule has 3 rings (SSSR count). The number of aryl methyl sites for hydroxylation is 2. The van der Waals surface area contributed by atoms with Gasteiger partial charge in [0.25, 0.3) is 0 Å². The van der Waals surface area contributed by atoms with Crippen LogP contribution in [0.1, 0.15) is 24.0 Å². The van der Waals surface area contributed by atoms with Gasteiger partial charge in [0, 0.05) is 15.3 Å². The minimum Gasteiger partial charge on any atom is -0.367 e. The van der Waals surface area contributed by atoms with E-state index in [9.17, 15) is 9.59 Å². The molecule has 2 aliphatic rings. The standard InChI is InChI=1S/C17H20Br2N2O2/c1-9-3-4-11(5-10(9)2)20-8-21-16(22)12-6-14(18)15(19)7-13(12)17(21)23/h3-5,12-15,20H,6-8H2,1-2H3/t12-,13+,14-,15-/m1/s1. The Morgan fingerprint density at radius 1 is 1.04 bits per heavy atom. The Labute approximate surface area is 153 Å². The third-order valence-electron chi connectivity index (χ3n) is 4.95. The Morgan fingerprint density at radius 2 is 1.61 bits per heavy atom. The van der Waals surface area contributed by atoms with Crippen molar-refractivity contribution in [2.45, 2.75) is 36.3 Å². The maximum absolute atomic E-state index is 12.6. The van der Waals surface area contributed by atoms with Gasteiger partial charge in [-0.3, -0.25) is 14.5 Å². The first-order valence-electron chi connectivity index (χ1n) is 7.83. The van der Waals surface area contributed by atoms with Crippen LogP contribution in [-0.4, -0.2) is 33.0 Å². The van der Waals surface area contributed by atoms with E-state index in [1.165, 1.54) is 16.0 Å². The fraction of sp³-hybridized carbons (Fsp3) is 0.529. The van der Waals surface area contributed by atoms with E-state index in [0.717, 1.165) is 5.69 Å². The third kappa shape index (κ3) is 3.20. The molecular formula is C17H20Br2N2O2. The molecule has 1 heterocycles. The number of benzene rings is 1. The van der Waals surface area contributed by atoms with Crippen molar-refractivity contribution in [3.63, 3.8) is 0 Å². The molecule has 1 saturated carbocycles. The zero-order valence-corrected chi connectivity index (χ0v) is 16.4. The normalized spacial score (nSPS) is 30.5. The number of alkyl halides is 2. The van der Waals surface area contributed by atoms with E-state index in [1.807, 2.05) is 25.1 Å². The number of amides is 2. The van der Waals surface area contributed by atoms with Crippen LogP contribution in [0.5, 0.6) is 0 Å². The first-order chi connectivity index (χ1) is 10.9. The predicted molar refractivity (Wildman–Crippen MR) is 97.9 cm³/mol. The number of hydrogen-bond donors (Lipinski definition) is 1. The topological polar surface area (TPSA) is 49.4 Å². The summed E-state index contributed by atoms with van der Waals surface area (Å²) in [6.45, 7) is 4.35. The van der Waals surface area contributed by atoms with Gasteiger partial charge in [0.15, 0.2) is 0 Å². The van der Waals surface area contributed by atoms with E-state index in [4.69, 9.17) is 0 Å². The van der Waals surface area contributed by atoms with E-state index in [-0.39, 0.29) is 40.0 Å². The average Bonchev–Trinajstić information content (AvgIpc) is 2.73. The van der Waals surface area contributed by atoms with Gasteiger partial charge < -0.3 is 5.32 Å². The number of anilines is 1. The van der Waals surface area contributed by atoms with Gasteiger partial charge in [-0.2, -0.15) is 0 Å². The van der Waals surface area contributed by atoms with Gasteiger partial charge in [-0.15, -0.1) is 0 Å². The second kappa shape index (κ2) is 6.55. The zero-order chi connectivity index (χ0) is 16.7. The van der Waals surface area contributed by atoms with Crippen molar-refractivity contribution < 1.29 is 9.59 Å². The lowest BCUT2D eigenvalue weighted by atomic mass is 9.81. The maximum Gasteiger partial charge on any atom is 0.234 e. The van der Waals surface area contributed by atoms with Gasteiger partial charge in [0.05, 0.1) is 18.5 Å². The molecule has 1 aromatic rings. The van der Waals surface area contributed by atoms with Crippen molar-refractivity contribution in [3.05, 3.63) is 29.3 Å². The van der Waals surface area contributed by atoms with Gasteiger partial charge in [-0.1, -0.05) is 37.9 Å². The molecule has 1 N–H and O–H groups in total. The van der Waals surface area contributed by atoms with Crippen molar-refractivity contribution in [2.75, 3.05) is 12.0 Å². The summed E-state index contributed by atoms with van der Waals surface area (Å²) in [5, 5.41) is 3.21. The molecule has 1 aliphatic carbocycles. The highest BCUT2D eigenvalue weighted by Gasteiger charge is 2.51. The zero-order valence-electron chi connectivity index (χ0n) is 13.2. The number of fused-ring (bicyclic) bond motifs is 1. The summed E-state index contributed by atoms with van der Waals surface area (Å²) in [7, 11) is 0. The monoisotopic (exact) mass is 442 g/mol. The summed E-state index contributed by atoms with van der Waals surface area (Å²) in [6.07, 6.45) is 1.43. The second-order valence-electron chi connectivity index (χ2n) is 6.45. The Morgan fingerprint density at radius 3 is 2.13 bits per heavy atom. The molecular weight excluding hydrogens is 424 g/mol. The molecule has 0 spiro atoms. The van der Waals surface area contributed by atoms with Gasteiger partial charge in [0.2, 0.25) is 11.8 Å². The molecule has 0 unspecified atom stereocenters. The third-order valence-corrected chi connectivity index (χ3v) is 7.68. The molecule has 2 amide bonds. The van der Waals surface area contributed by atoms with Crippen LogP contribution in [0.25, 0.3) is 0 Å². The first-order valence-corrected chi connectivity index (χ1v) is 9.66. The van der Waals surface area contributed by atoms with Crippen LogP contribution in [0.2, 0.25) is 0 Å². The fourth-order valence-corrected chi connectivity index (χ4v) is 4.58. The number of carbonyl (C=O) groups is 2. The Balaban J connectivity index is 1.70. The van der Waals surface area contributed by atoms with Crippen molar-refractivity contribution in [1.29, 1.82) is 0 Å². The van der Waals surface area contributed by atoms with Crippen LogP contribution < -0.4 is 5.32 Å². The first kappa shape index (κ1) is 17.0. The summed E-state index contributed by atoms with van der Waals surface area (Å²) >= 11 is 7.21. The quantitative estimate of drug-likeness (QED) is 0.573. The molecule has 1 saturated heterocycles. The Hall–Kier alpha value is -0.880. The lowest BCUT2D eigenvalue weighted by molar-refractivity contribution is -0.139. The highest BCUT2D eigenvalue weighted by Crippen LogP contribution is 2.43. The number of hydrogen-bond acceptors (Lipinski definition) is 3. The summed E-state index contributed by atoms with van der Waals surface area (Å²) in [5.74, 6) is -0.440. The van der Waals surface area contributed by atoms with E-state index in [1.54, 1.807) is 0 Å². The van der Waals surface area contributed by atoms with Gasteiger partial charge in [-0.05, 0) is 49.9 Å². The van der Waals surface area contributed by atoms with E-state index >= 15 is 0 Å². The van der Waals surface area contributed by atoms with Crippen molar-refractivity contribution in [3.8, 4) is 0 Å². The molecule has 1 aliphatic heterocycles. The van der Waals surface area contributed by atoms with E-state index in [2.05, 4.69) is 44.1 Å². The van der Waals surface area contributed by atoms with Crippen LogP contribution in [0, 0.1) is 25.7 Å². The number of likely N-dealkylation sites (tertiary alicyclic amines) is 1. The number of rotatable bonds is 3. The summed E-state index contributed by atoms with van der Waals surface area (Å²) in [5.41, 5.74) is 3.34. The van der Waals surface area contributed by atoms with Crippen LogP contribution in [0.4, 0.5) is 5.69 Å². The maximum atomic E-state index is 12.6. The van der Waals surface area contributed by atoms with Crippen molar-refractivity contribution in [2.24, 2.45) is 11.8 Å². The molecule has 0 aromatic heterocycles. The summed E-state index contributed by atoms with van der Waals surface area (Å²) in [6, 6.07) is 6.05. The van der Waals surface area contributed by atoms with Gasteiger partial charge >= 0.3 is 0 Å². The molecule has 4 atom stereocenters. The van der Waals surface area contributed by atoms with Crippen LogP contribution >= 0.6 is 31.9 Å². The predicted octanol–water partition coefficient (Wildman–Crippen LogP) is 3.59. The number of imide groups is 1. The minimum absolute atomic E-state index is 0.0415. The van der Waals surface area contributed by atoms with Crippen LogP contribution in [0.15, 0.2) is 18.2 Å². The largest absolute Gasteiger partial charge is 0.367 e. The van der Waals surface area contributed by atoms with Gasteiger partial charge in [-0.25, -0.2) is 0 Å². The average molecular weight is 444 g/mol. The van der Waals surface area contributed by atoms with Crippen molar-refractivity contribution in [1.82, 2.24) is 4.90 Å². The highest BCUT2D eigenvalue weighted by molar-refractivity contribution is 9.12. The van der Waals surface area contributed by atoms with Crippen molar-refractivity contribution >= 4 is 49.4 Å². The molecule has 23 heavy (non-hydrogen) atoms. The highest BCUT2D eigenvalue weighted by atomic mass is 79.9. The smallest absolute Gasteiger partial charge is 0.234 e. The fourth-order valence-electron chi connectivity index (χ4n) is 3.34. The lowest BCUT2D eigenvalue weighted by Gasteiger charge is -2.29. The molecule has 1 aromatic carbocycles. The molecule has 0 bridgehead atoms. The molecule has 0 radical (unpaired) electrons. The molecule has 4 nitrogen and oxygen atoms in total. The van der Waals surface area contributed by atoms with Crippen LogP contribution in [-0.2, 0) is 9.59 Å². The molecule has 124 valence electrons. The summed E-state index contributed by atoms with van der Waals surface area (Å²) < 4.78 is 0. The van der Waals surface area contributed by atoms with Gasteiger partial charge in [0.1, 0.15) is 0 Å².